The Morgan fingerprint density at radius 2 is 1.96 bits per heavy atom. The Kier molecular flexibility index (Phi) is 4.46. The van der Waals surface area contributed by atoms with Gasteiger partial charge in [0.2, 0.25) is 0 Å². The SMILES string of the molecule is CCn1ncc2c(-c3cncc(C)c3)cc(CN3CCOCC3)nc21. The molecule has 4 rings (SSSR count). The first-order valence-electron chi connectivity index (χ1n) is 8.82. The molecule has 0 spiro atoms. The molecule has 1 aliphatic heterocycles. The van der Waals surface area contributed by atoms with E-state index in [0.29, 0.717) is 0 Å². The number of nitrogens with zero attached hydrogens (tertiary/aromatic N) is 5. The number of morpholine rings is 1. The quantitative estimate of drug-likeness (QED) is 0.732. The maximum absolute atomic E-state index is 5.45. The fourth-order valence-corrected chi connectivity index (χ4v) is 3.34. The summed E-state index contributed by atoms with van der Waals surface area (Å²) in [5, 5.41) is 5.59. The van der Waals surface area contributed by atoms with Crippen LogP contribution in [-0.4, -0.2) is 51.0 Å². The monoisotopic (exact) mass is 337 g/mol. The second-order valence-electron chi connectivity index (χ2n) is 6.50. The third-order valence-corrected chi connectivity index (χ3v) is 4.64. The van der Waals surface area contributed by atoms with E-state index in [1.54, 1.807) is 0 Å². The molecule has 0 amide bonds. The normalized spacial score (nSPS) is 15.8. The van der Waals surface area contributed by atoms with E-state index in [1.165, 1.54) is 0 Å². The first-order valence-corrected chi connectivity index (χ1v) is 8.82. The van der Waals surface area contributed by atoms with E-state index in [1.807, 2.05) is 23.3 Å². The molecule has 130 valence electrons. The number of aryl methyl sites for hydroxylation is 2. The zero-order chi connectivity index (χ0) is 17.2. The van der Waals surface area contributed by atoms with E-state index in [0.717, 1.165) is 72.8 Å². The molecular formula is C19H23N5O. The second kappa shape index (κ2) is 6.90. The molecule has 0 aromatic carbocycles. The Morgan fingerprint density at radius 1 is 1.12 bits per heavy atom. The molecule has 6 nitrogen and oxygen atoms in total. The Balaban J connectivity index is 1.80. The molecule has 0 atom stereocenters. The minimum Gasteiger partial charge on any atom is -0.379 e. The van der Waals surface area contributed by atoms with Crippen LogP contribution in [0.25, 0.3) is 22.2 Å². The average Bonchev–Trinajstić information content (AvgIpc) is 3.05. The Bertz CT molecular complexity index is 883. The predicted molar refractivity (Wildman–Crippen MR) is 97.3 cm³/mol. The van der Waals surface area contributed by atoms with Crippen LogP contribution in [0.5, 0.6) is 0 Å². The highest BCUT2D eigenvalue weighted by atomic mass is 16.5. The highest BCUT2D eigenvalue weighted by Gasteiger charge is 2.16. The molecule has 0 aliphatic carbocycles. The fourth-order valence-electron chi connectivity index (χ4n) is 3.34. The van der Waals surface area contributed by atoms with Gasteiger partial charge in [0, 0.05) is 49.5 Å². The lowest BCUT2D eigenvalue weighted by Gasteiger charge is -2.26. The van der Waals surface area contributed by atoms with Gasteiger partial charge in [-0.3, -0.25) is 9.88 Å². The number of fused-ring (bicyclic) bond motifs is 1. The van der Waals surface area contributed by atoms with Crippen molar-refractivity contribution in [2.24, 2.45) is 0 Å². The number of aromatic nitrogens is 4. The summed E-state index contributed by atoms with van der Waals surface area (Å²) >= 11 is 0. The number of hydrogen-bond acceptors (Lipinski definition) is 5. The zero-order valence-electron chi connectivity index (χ0n) is 14.8. The maximum Gasteiger partial charge on any atom is 0.158 e. The van der Waals surface area contributed by atoms with Crippen molar-refractivity contribution < 1.29 is 4.74 Å². The van der Waals surface area contributed by atoms with Crippen molar-refractivity contribution >= 4 is 11.0 Å². The molecule has 1 aliphatic rings. The number of rotatable bonds is 4. The molecule has 1 saturated heterocycles. The smallest absolute Gasteiger partial charge is 0.158 e. The fraction of sp³-hybridized carbons (Fsp3) is 0.421. The lowest BCUT2D eigenvalue weighted by atomic mass is 10.0. The van der Waals surface area contributed by atoms with E-state index in [4.69, 9.17) is 9.72 Å². The summed E-state index contributed by atoms with van der Waals surface area (Å²) in [4.78, 5) is 11.7. The summed E-state index contributed by atoms with van der Waals surface area (Å²) < 4.78 is 7.42. The van der Waals surface area contributed by atoms with E-state index >= 15 is 0 Å². The molecular weight excluding hydrogens is 314 g/mol. The number of hydrogen-bond donors (Lipinski definition) is 0. The van der Waals surface area contributed by atoms with Crippen molar-refractivity contribution in [2.45, 2.75) is 26.9 Å². The van der Waals surface area contributed by atoms with Gasteiger partial charge in [0.15, 0.2) is 5.65 Å². The molecule has 3 aromatic heterocycles. The first kappa shape index (κ1) is 16.2. The summed E-state index contributed by atoms with van der Waals surface area (Å²) in [6.07, 6.45) is 5.72. The van der Waals surface area contributed by atoms with Gasteiger partial charge in [0.05, 0.1) is 25.1 Å². The third-order valence-electron chi connectivity index (χ3n) is 4.64. The van der Waals surface area contributed by atoms with Crippen LogP contribution < -0.4 is 0 Å². The van der Waals surface area contributed by atoms with Gasteiger partial charge in [-0.15, -0.1) is 0 Å². The third kappa shape index (κ3) is 3.27. The van der Waals surface area contributed by atoms with Gasteiger partial charge in [0.1, 0.15) is 0 Å². The van der Waals surface area contributed by atoms with Crippen LogP contribution in [0.15, 0.2) is 30.7 Å². The van der Waals surface area contributed by atoms with E-state index in [-0.39, 0.29) is 0 Å². The zero-order valence-corrected chi connectivity index (χ0v) is 14.8. The van der Waals surface area contributed by atoms with Crippen molar-refractivity contribution in [1.82, 2.24) is 24.6 Å². The van der Waals surface area contributed by atoms with Crippen molar-refractivity contribution in [3.8, 4) is 11.1 Å². The summed E-state index contributed by atoms with van der Waals surface area (Å²) in [6, 6.07) is 4.36. The molecule has 0 N–H and O–H groups in total. The van der Waals surface area contributed by atoms with Crippen LogP contribution in [0.4, 0.5) is 0 Å². The summed E-state index contributed by atoms with van der Waals surface area (Å²) in [6.45, 7) is 9.30. The summed E-state index contributed by atoms with van der Waals surface area (Å²) in [5.74, 6) is 0. The van der Waals surface area contributed by atoms with Crippen LogP contribution in [0, 0.1) is 6.92 Å². The highest BCUT2D eigenvalue weighted by Crippen LogP contribution is 2.29. The Morgan fingerprint density at radius 3 is 2.72 bits per heavy atom. The minimum atomic E-state index is 0.795. The molecule has 1 fully saturated rings. The first-order chi connectivity index (χ1) is 12.2. The second-order valence-corrected chi connectivity index (χ2v) is 6.50. The van der Waals surface area contributed by atoms with Crippen molar-refractivity contribution in [3.05, 3.63) is 42.0 Å². The van der Waals surface area contributed by atoms with Gasteiger partial charge in [-0.2, -0.15) is 5.10 Å². The van der Waals surface area contributed by atoms with Gasteiger partial charge in [-0.1, -0.05) is 0 Å². The van der Waals surface area contributed by atoms with Gasteiger partial charge < -0.3 is 4.74 Å². The Labute approximate surface area is 147 Å². The minimum absolute atomic E-state index is 0.795. The van der Waals surface area contributed by atoms with Crippen LogP contribution in [0.2, 0.25) is 0 Å². The molecule has 0 bridgehead atoms. The lowest BCUT2D eigenvalue weighted by molar-refractivity contribution is 0.0337. The molecule has 4 heterocycles. The van der Waals surface area contributed by atoms with E-state index < -0.39 is 0 Å². The number of ether oxygens (including phenoxy) is 1. The molecule has 0 unspecified atom stereocenters. The maximum atomic E-state index is 5.45. The van der Waals surface area contributed by atoms with Crippen molar-refractivity contribution in [1.29, 1.82) is 0 Å². The standard InChI is InChI=1S/C19H23N5O/c1-3-24-19-18(12-21-24)17(15-8-14(2)10-20-11-15)9-16(22-19)13-23-4-6-25-7-5-23/h8-12H,3-7,13H2,1-2H3. The van der Waals surface area contributed by atoms with E-state index in [2.05, 4.69) is 41.0 Å². The Hall–Kier alpha value is -2.31. The van der Waals surface area contributed by atoms with Gasteiger partial charge in [-0.05, 0) is 37.1 Å². The topological polar surface area (TPSA) is 56.1 Å². The van der Waals surface area contributed by atoms with E-state index in [9.17, 15) is 0 Å². The van der Waals surface area contributed by atoms with Gasteiger partial charge in [-0.25, -0.2) is 9.67 Å². The van der Waals surface area contributed by atoms with Crippen LogP contribution in [0.3, 0.4) is 0 Å². The molecule has 6 heteroatoms. The molecule has 25 heavy (non-hydrogen) atoms. The van der Waals surface area contributed by atoms with Crippen LogP contribution in [-0.2, 0) is 17.8 Å². The molecule has 0 saturated carbocycles. The van der Waals surface area contributed by atoms with Gasteiger partial charge >= 0.3 is 0 Å². The van der Waals surface area contributed by atoms with Crippen molar-refractivity contribution in [2.75, 3.05) is 26.3 Å². The molecule has 3 aromatic rings. The van der Waals surface area contributed by atoms with Crippen LogP contribution >= 0.6 is 0 Å². The summed E-state index contributed by atoms with van der Waals surface area (Å²) in [7, 11) is 0. The number of pyridine rings is 2. The largest absolute Gasteiger partial charge is 0.379 e. The highest BCUT2D eigenvalue weighted by molar-refractivity contribution is 5.92. The van der Waals surface area contributed by atoms with Crippen molar-refractivity contribution in [3.63, 3.8) is 0 Å². The molecule has 0 radical (unpaired) electrons. The van der Waals surface area contributed by atoms with Crippen LogP contribution in [0.1, 0.15) is 18.2 Å². The average molecular weight is 337 g/mol. The lowest BCUT2D eigenvalue weighted by Crippen LogP contribution is -2.35. The predicted octanol–water partition coefficient (Wildman–Crippen LogP) is 2.65. The summed E-state index contributed by atoms with van der Waals surface area (Å²) in [5.41, 5.74) is 5.45. The van der Waals surface area contributed by atoms with Gasteiger partial charge in [0.25, 0.3) is 0 Å².